The fraction of sp³-hybridized carbons (Fsp3) is 0.938. The molecule has 0 radical (unpaired) electrons. The summed E-state index contributed by atoms with van der Waals surface area (Å²) in [5.74, 6) is 0.709. The minimum Gasteiger partial charge on any atom is -0.396 e. The zero-order valence-corrected chi connectivity index (χ0v) is 12.3. The molecule has 0 bridgehead atoms. The summed E-state index contributed by atoms with van der Waals surface area (Å²) in [4.78, 5) is 12.2. The van der Waals surface area contributed by atoms with Gasteiger partial charge < -0.3 is 10.4 Å². The highest BCUT2D eigenvalue weighted by Gasteiger charge is 2.30. The summed E-state index contributed by atoms with van der Waals surface area (Å²) in [5, 5.41) is 12.3. The molecule has 0 aromatic heterocycles. The van der Waals surface area contributed by atoms with Gasteiger partial charge in [0, 0.05) is 19.1 Å². The Bertz CT molecular complexity index is 289. The van der Waals surface area contributed by atoms with Crippen molar-refractivity contribution in [2.45, 2.75) is 77.2 Å². The number of rotatable bonds is 4. The van der Waals surface area contributed by atoms with E-state index in [2.05, 4.69) is 12.2 Å². The van der Waals surface area contributed by atoms with Gasteiger partial charge in [0.25, 0.3) is 0 Å². The first-order valence-corrected chi connectivity index (χ1v) is 8.01. The Hall–Kier alpha value is -0.570. The van der Waals surface area contributed by atoms with Crippen LogP contribution in [0.1, 0.15) is 71.1 Å². The lowest BCUT2D eigenvalue weighted by Crippen LogP contribution is -2.40. The van der Waals surface area contributed by atoms with Crippen LogP contribution in [-0.2, 0) is 4.79 Å². The van der Waals surface area contributed by atoms with E-state index < -0.39 is 0 Å². The lowest BCUT2D eigenvalue weighted by atomic mass is 9.73. The topological polar surface area (TPSA) is 49.3 Å². The molecule has 3 heteroatoms. The standard InChI is InChI=1S/C16H29NO2/c1-16(9-3-2-4-10-16)11-15(19)17-14-7-5-13(12-18)6-8-14/h13-14,18H,2-12H2,1H3,(H,17,19). The second-order valence-corrected chi connectivity index (χ2v) is 7.02. The molecule has 2 rings (SSSR count). The molecule has 0 heterocycles. The van der Waals surface area contributed by atoms with E-state index >= 15 is 0 Å². The van der Waals surface area contributed by atoms with E-state index in [1.165, 1.54) is 32.1 Å². The van der Waals surface area contributed by atoms with Crippen molar-refractivity contribution < 1.29 is 9.90 Å². The Labute approximate surface area is 117 Å². The highest BCUT2D eigenvalue weighted by molar-refractivity contribution is 5.77. The summed E-state index contributed by atoms with van der Waals surface area (Å²) < 4.78 is 0. The summed E-state index contributed by atoms with van der Waals surface area (Å²) in [6, 6.07) is 0.350. The van der Waals surface area contributed by atoms with E-state index in [4.69, 9.17) is 5.11 Å². The van der Waals surface area contributed by atoms with Gasteiger partial charge in [-0.2, -0.15) is 0 Å². The lowest BCUT2D eigenvalue weighted by Gasteiger charge is -2.34. The van der Waals surface area contributed by atoms with Gasteiger partial charge in [0.2, 0.25) is 5.91 Å². The number of aliphatic hydroxyl groups excluding tert-OH is 1. The van der Waals surface area contributed by atoms with Gasteiger partial charge in [0.15, 0.2) is 0 Å². The van der Waals surface area contributed by atoms with Gasteiger partial charge in [0.05, 0.1) is 0 Å². The van der Waals surface area contributed by atoms with Crippen molar-refractivity contribution in [3.8, 4) is 0 Å². The molecule has 0 aromatic rings. The summed E-state index contributed by atoms with van der Waals surface area (Å²) in [7, 11) is 0. The third-order valence-corrected chi connectivity index (χ3v) is 5.12. The van der Waals surface area contributed by atoms with Crippen molar-refractivity contribution >= 4 is 5.91 Å². The zero-order chi connectivity index (χ0) is 13.7. The Balaban J connectivity index is 1.72. The first-order valence-electron chi connectivity index (χ1n) is 8.01. The fourth-order valence-corrected chi connectivity index (χ4v) is 3.74. The molecule has 0 unspecified atom stereocenters. The van der Waals surface area contributed by atoms with Crippen LogP contribution >= 0.6 is 0 Å². The maximum atomic E-state index is 12.2. The van der Waals surface area contributed by atoms with Crippen LogP contribution < -0.4 is 5.32 Å². The van der Waals surface area contributed by atoms with Gasteiger partial charge in [-0.25, -0.2) is 0 Å². The Morgan fingerprint density at radius 3 is 2.37 bits per heavy atom. The molecule has 0 aromatic carbocycles. The molecule has 110 valence electrons. The van der Waals surface area contributed by atoms with Crippen molar-refractivity contribution in [3.63, 3.8) is 0 Å². The molecule has 0 aliphatic heterocycles. The quantitative estimate of drug-likeness (QED) is 0.822. The number of hydrogen-bond acceptors (Lipinski definition) is 2. The highest BCUT2D eigenvalue weighted by Crippen LogP contribution is 2.38. The third kappa shape index (κ3) is 4.48. The molecule has 2 aliphatic rings. The monoisotopic (exact) mass is 267 g/mol. The molecule has 1 amide bonds. The van der Waals surface area contributed by atoms with E-state index in [-0.39, 0.29) is 11.3 Å². The van der Waals surface area contributed by atoms with Gasteiger partial charge in [-0.1, -0.05) is 26.2 Å². The van der Waals surface area contributed by atoms with Crippen molar-refractivity contribution in [1.29, 1.82) is 0 Å². The summed E-state index contributed by atoms with van der Waals surface area (Å²) in [6.07, 6.45) is 11.2. The summed E-state index contributed by atoms with van der Waals surface area (Å²) >= 11 is 0. The van der Waals surface area contributed by atoms with Gasteiger partial charge in [-0.3, -0.25) is 4.79 Å². The smallest absolute Gasteiger partial charge is 0.220 e. The molecule has 19 heavy (non-hydrogen) atoms. The Kier molecular flexibility index (Phi) is 5.26. The molecule has 3 nitrogen and oxygen atoms in total. The van der Waals surface area contributed by atoms with Gasteiger partial charge >= 0.3 is 0 Å². The van der Waals surface area contributed by atoms with E-state index in [1.54, 1.807) is 0 Å². The molecule has 0 atom stereocenters. The van der Waals surface area contributed by atoms with Crippen molar-refractivity contribution in [3.05, 3.63) is 0 Å². The number of hydrogen-bond donors (Lipinski definition) is 2. The van der Waals surface area contributed by atoms with Crippen LogP contribution in [0.4, 0.5) is 0 Å². The average molecular weight is 267 g/mol. The molecular weight excluding hydrogens is 238 g/mol. The van der Waals surface area contributed by atoms with Crippen LogP contribution in [0.3, 0.4) is 0 Å². The van der Waals surface area contributed by atoms with Crippen LogP contribution in [0.15, 0.2) is 0 Å². The molecular formula is C16H29NO2. The molecule has 0 saturated heterocycles. The van der Waals surface area contributed by atoms with E-state index in [0.717, 1.165) is 25.7 Å². The first-order chi connectivity index (χ1) is 9.11. The predicted octanol–water partition coefficient (Wildman–Crippen LogP) is 3.01. The van der Waals surface area contributed by atoms with E-state index in [0.29, 0.717) is 25.0 Å². The first kappa shape index (κ1) is 14.8. The summed E-state index contributed by atoms with van der Waals surface area (Å²) in [5.41, 5.74) is 0.241. The van der Waals surface area contributed by atoms with Crippen LogP contribution in [0, 0.1) is 11.3 Å². The minimum absolute atomic E-state index is 0.241. The second-order valence-electron chi connectivity index (χ2n) is 7.02. The van der Waals surface area contributed by atoms with Crippen molar-refractivity contribution in [1.82, 2.24) is 5.32 Å². The molecule has 2 N–H and O–H groups in total. The van der Waals surface area contributed by atoms with Crippen molar-refractivity contribution in [2.75, 3.05) is 6.61 Å². The van der Waals surface area contributed by atoms with Gasteiger partial charge in [0.1, 0.15) is 0 Å². The number of amides is 1. The SMILES string of the molecule is CC1(CC(=O)NC2CCC(CO)CC2)CCCCC1. The van der Waals surface area contributed by atoms with E-state index in [9.17, 15) is 4.79 Å². The Morgan fingerprint density at radius 2 is 1.79 bits per heavy atom. The fourth-order valence-electron chi connectivity index (χ4n) is 3.74. The number of carbonyl (C=O) groups is 1. The van der Waals surface area contributed by atoms with Crippen LogP contribution in [0.25, 0.3) is 0 Å². The zero-order valence-electron chi connectivity index (χ0n) is 12.3. The second kappa shape index (κ2) is 6.74. The van der Waals surface area contributed by atoms with Crippen LogP contribution in [-0.4, -0.2) is 23.7 Å². The third-order valence-electron chi connectivity index (χ3n) is 5.12. The molecule has 2 aliphatic carbocycles. The largest absolute Gasteiger partial charge is 0.396 e. The molecule has 2 saturated carbocycles. The summed E-state index contributed by atoms with van der Waals surface area (Å²) in [6.45, 7) is 2.58. The van der Waals surface area contributed by atoms with Crippen LogP contribution in [0.2, 0.25) is 0 Å². The number of nitrogens with one attached hydrogen (secondary N) is 1. The normalized spacial score (nSPS) is 30.8. The maximum Gasteiger partial charge on any atom is 0.220 e. The number of carbonyl (C=O) groups excluding carboxylic acids is 1. The van der Waals surface area contributed by atoms with Gasteiger partial charge in [-0.05, 0) is 49.9 Å². The van der Waals surface area contributed by atoms with Crippen LogP contribution in [0.5, 0.6) is 0 Å². The Morgan fingerprint density at radius 1 is 1.16 bits per heavy atom. The number of aliphatic hydroxyl groups is 1. The molecule has 0 spiro atoms. The minimum atomic E-state index is 0.241. The molecule has 2 fully saturated rings. The highest BCUT2D eigenvalue weighted by atomic mass is 16.3. The van der Waals surface area contributed by atoms with Gasteiger partial charge in [-0.15, -0.1) is 0 Å². The average Bonchev–Trinajstić information content (AvgIpc) is 2.39. The van der Waals surface area contributed by atoms with Crippen molar-refractivity contribution in [2.24, 2.45) is 11.3 Å². The van der Waals surface area contributed by atoms with E-state index in [1.807, 2.05) is 0 Å². The predicted molar refractivity (Wildman–Crippen MR) is 76.8 cm³/mol. The lowest BCUT2D eigenvalue weighted by molar-refractivity contribution is -0.124. The maximum absolute atomic E-state index is 12.2.